The summed E-state index contributed by atoms with van der Waals surface area (Å²) >= 11 is 0. The van der Waals surface area contributed by atoms with Crippen molar-refractivity contribution >= 4 is 5.82 Å². The molecular formula is C20H28N4. The number of piperazine rings is 1. The van der Waals surface area contributed by atoms with Gasteiger partial charge in [0.2, 0.25) is 0 Å². The highest BCUT2D eigenvalue weighted by molar-refractivity contribution is 5.47. The van der Waals surface area contributed by atoms with Crippen LogP contribution >= 0.6 is 0 Å². The average molecular weight is 324 g/mol. The lowest BCUT2D eigenvalue weighted by Gasteiger charge is -2.34. The number of hydrogen-bond donors (Lipinski definition) is 1. The van der Waals surface area contributed by atoms with Crippen LogP contribution < -0.4 is 10.2 Å². The number of anilines is 1. The number of pyridine rings is 1. The highest BCUT2D eigenvalue weighted by Gasteiger charge is 2.17. The van der Waals surface area contributed by atoms with E-state index in [2.05, 4.69) is 70.5 Å². The fourth-order valence-electron chi connectivity index (χ4n) is 3.19. The molecule has 1 aromatic heterocycles. The molecule has 128 valence electrons. The molecule has 0 aliphatic carbocycles. The summed E-state index contributed by atoms with van der Waals surface area (Å²) in [6.07, 6.45) is 1.91. The number of aromatic nitrogens is 1. The molecule has 24 heavy (non-hydrogen) atoms. The van der Waals surface area contributed by atoms with Gasteiger partial charge in [0.1, 0.15) is 5.82 Å². The van der Waals surface area contributed by atoms with Gasteiger partial charge in [0, 0.05) is 51.0 Å². The molecule has 0 spiro atoms. The Morgan fingerprint density at radius 2 is 1.79 bits per heavy atom. The van der Waals surface area contributed by atoms with Crippen molar-refractivity contribution in [3.8, 4) is 0 Å². The summed E-state index contributed by atoms with van der Waals surface area (Å²) < 4.78 is 0. The zero-order valence-electron chi connectivity index (χ0n) is 14.8. The molecule has 0 amide bonds. The minimum absolute atomic E-state index is 0.509. The third-order valence-corrected chi connectivity index (χ3v) is 4.80. The van der Waals surface area contributed by atoms with E-state index in [1.54, 1.807) is 0 Å². The first-order valence-electron chi connectivity index (χ1n) is 8.87. The van der Waals surface area contributed by atoms with Crippen LogP contribution in [0.1, 0.15) is 24.0 Å². The van der Waals surface area contributed by atoms with Crippen molar-refractivity contribution in [1.29, 1.82) is 0 Å². The minimum Gasteiger partial charge on any atom is -0.354 e. The van der Waals surface area contributed by atoms with Crippen molar-refractivity contribution in [3.05, 3.63) is 59.8 Å². The molecule has 1 N–H and O–H groups in total. The second kappa shape index (κ2) is 8.27. The van der Waals surface area contributed by atoms with Crippen LogP contribution in [0.4, 0.5) is 5.82 Å². The van der Waals surface area contributed by atoms with E-state index in [0.717, 1.165) is 45.1 Å². The van der Waals surface area contributed by atoms with E-state index in [4.69, 9.17) is 0 Å². The summed E-state index contributed by atoms with van der Waals surface area (Å²) in [7, 11) is 2.18. The molecule has 0 saturated carbocycles. The van der Waals surface area contributed by atoms with E-state index < -0.39 is 0 Å². The maximum atomic E-state index is 4.65. The van der Waals surface area contributed by atoms with Crippen LogP contribution in [0.25, 0.3) is 0 Å². The summed E-state index contributed by atoms with van der Waals surface area (Å²) in [6.45, 7) is 8.44. The summed E-state index contributed by atoms with van der Waals surface area (Å²) in [6, 6.07) is 14.9. The fraction of sp³-hybridized carbons (Fsp3) is 0.450. The van der Waals surface area contributed by atoms with Crippen LogP contribution in [0.5, 0.6) is 0 Å². The van der Waals surface area contributed by atoms with Gasteiger partial charge in [-0.05, 0) is 24.6 Å². The van der Waals surface area contributed by atoms with E-state index in [1.807, 2.05) is 12.3 Å². The van der Waals surface area contributed by atoms with E-state index in [9.17, 15) is 0 Å². The lowest BCUT2D eigenvalue weighted by atomic mass is 10.0. The monoisotopic (exact) mass is 324 g/mol. The zero-order chi connectivity index (χ0) is 16.8. The van der Waals surface area contributed by atoms with Gasteiger partial charge in [-0.1, -0.05) is 43.3 Å². The van der Waals surface area contributed by atoms with Crippen molar-refractivity contribution in [2.24, 2.45) is 0 Å². The molecule has 2 aromatic rings. The van der Waals surface area contributed by atoms with Gasteiger partial charge in [0.15, 0.2) is 0 Å². The molecule has 1 saturated heterocycles. The van der Waals surface area contributed by atoms with Crippen molar-refractivity contribution in [1.82, 2.24) is 15.2 Å². The number of hydrogen-bond acceptors (Lipinski definition) is 4. The highest BCUT2D eigenvalue weighted by Crippen LogP contribution is 2.19. The molecule has 4 nitrogen and oxygen atoms in total. The van der Waals surface area contributed by atoms with Gasteiger partial charge in [0.25, 0.3) is 0 Å². The maximum Gasteiger partial charge on any atom is 0.133 e. The van der Waals surface area contributed by atoms with Gasteiger partial charge in [-0.3, -0.25) is 0 Å². The summed E-state index contributed by atoms with van der Waals surface area (Å²) in [4.78, 5) is 9.44. The Morgan fingerprint density at radius 3 is 2.54 bits per heavy atom. The quantitative estimate of drug-likeness (QED) is 0.885. The maximum absolute atomic E-state index is 4.65. The molecule has 1 aliphatic rings. The zero-order valence-corrected chi connectivity index (χ0v) is 14.8. The van der Waals surface area contributed by atoms with E-state index in [1.165, 1.54) is 11.1 Å². The molecule has 1 unspecified atom stereocenters. The van der Waals surface area contributed by atoms with Crippen LogP contribution in [0.2, 0.25) is 0 Å². The smallest absolute Gasteiger partial charge is 0.133 e. The first-order valence-corrected chi connectivity index (χ1v) is 8.87. The molecule has 0 bridgehead atoms. The molecular weight excluding hydrogens is 296 g/mol. The molecule has 1 aliphatic heterocycles. The van der Waals surface area contributed by atoms with Gasteiger partial charge < -0.3 is 15.1 Å². The van der Waals surface area contributed by atoms with Crippen molar-refractivity contribution in [3.63, 3.8) is 0 Å². The minimum atomic E-state index is 0.509. The molecule has 1 aromatic carbocycles. The summed E-state index contributed by atoms with van der Waals surface area (Å²) in [5, 5.41) is 3.61. The Labute approximate surface area is 145 Å². The topological polar surface area (TPSA) is 31.4 Å². The van der Waals surface area contributed by atoms with Crippen LogP contribution in [0.15, 0.2) is 48.7 Å². The number of nitrogens with one attached hydrogen (secondary N) is 1. The number of benzene rings is 1. The Bertz CT molecular complexity index is 621. The Hall–Kier alpha value is -1.91. The number of likely N-dealkylation sites (N-methyl/N-ethyl adjacent to an activating group) is 1. The Kier molecular flexibility index (Phi) is 5.83. The molecule has 2 heterocycles. The van der Waals surface area contributed by atoms with Crippen LogP contribution in [-0.4, -0.2) is 49.7 Å². The standard InChI is InChI=1S/C20H28N4/c1-17(18-7-4-3-5-8-18)15-21-16-19-9-6-10-22-20(19)24-13-11-23(2)12-14-24/h3-10,17,21H,11-16H2,1-2H3. The first kappa shape index (κ1) is 16.9. The first-order chi connectivity index (χ1) is 11.7. The Morgan fingerprint density at radius 1 is 1.04 bits per heavy atom. The van der Waals surface area contributed by atoms with E-state index >= 15 is 0 Å². The summed E-state index contributed by atoms with van der Waals surface area (Å²) in [5.74, 6) is 1.65. The third kappa shape index (κ3) is 4.34. The van der Waals surface area contributed by atoms with Gasteiger partial charge >= 0.3 is 0 Å². The lowest BCUT2D eigenvalue weighted by molar-refractivity contribution is 0.311. The van der Waals surface area contributed by atoms with Crippen LogP contribution in [-0.2, 0) is 6.54 Å². The molecule has 0 radical (unpaired) electrons. The summed E-state index contributed by atoms with van der Waals surface area (Å²) in [5.41, 5.74) is 2.68. The largest absolute Gasteiger partial charge is 0.354 e. The van der Waals surface area contributed by atoms with Gasteiger partial charge in [-0.25, -0.2) is 4.98 Å². The Balaban J connectivity index is 1.57. The second-order valence-corrected chi connectivity index (χ2v) is 6.72. The van der Waals surface area contributed by atoms with Crippen LogP contribution in [0.3, 0.4) is 0 Å². The molecule has 3 rings (SSSR count). The number of rotatable bonds is 6. The SMILES string of the molecule is CC(CNCc1cccnc1N1CCN(C)CC1)c1ccccc1. The van der Waals surface area contributed by atoms with Crippen molar-refractivity contribution in [2.45, 2.75) is 19.4 Å². The van der Waals surface area contributed by atoms with Gasteiger partial charge in [-0.15, -0.1) is 0 Å². The molecule has 4 heteroatoms. The van der Waals surface area contributed by atoms with E-state index in [-0.39, 0.29) is 0 Å². The second-order valence-electron chi connectivity index (χ2n) is 6.72. The van der Waals surface area contributed by atoms with Crippen molar-refractivity contribution < 1.29 is 0 Å². The normalized spacial score (nSPS) is 17.0. The van der Waals surface area contributed by atoms with Gasteiger partial charge in [0.05, 0.1) is 0 Å². The number of nitrogens with zero attached hydrogens (tertiary/aromatic N) is 3. The highest BCUT2D eigenvalue weighted by atomic mass is 15.3. The lowest BCUT2D eigenvalue weighted by Crippen LogP contribution is -2.45. The van der Waals surface area contributed by atoms with E-state index in [0.29, 0.717) is 5.92 Å². The molecule has 1 atom stereocenters. The fourth-order valence-corrected chi connectivity index (χ4v) is 3.19. The predicted molar refractivity (Wildman–Crippen MR) is 101 cm³/mol. The molecule has 1 fully saturated rings. The third-order valence-electron chi connectivity index (χ3n) is 4.80. The van der Waals surface area contributed by atoms with Crippen molar-refractivity contribution in [2.75, 3.05) is 44.7 Å². The van der Waals surface area contributed by atoms with Crippen LogP contribution in [0, 0.1) is 0 Å². The van der Waals surface area contributed by atoms with Gasteiger partial charge in [-0.2, -0.15) is 0 Å². The average Bonchev–Trinajstić information content (AvgIpc) is 2.63. The predicted octanol–water partition coefficient (Wildman–Crippen LogP) is 2.73.